The minimum atomic E-state index is 0.0233. The molecule has 0 amide bonds. The van der Waals surface area contributed by atoms with Crippen molar-refractivity contribution in [3.05, 3.63) is 28.8 Å². The van der Waals surface area contributed by atoms with E-state index in [-0.39, 0.29) is 6.61 Å². The van der Waals surface area contributed by atoms with Crippen molar-refractivity contribution < 1.29 is 5.11 Å². The molecule has 0 atom stereocenters. The molecule has 1 aromatic carbocycles. The van der Waals surface area contributed by atoms with Gasteiger partial charge >= 0.3 is 0 Å². The summed E-state index contributed by atoms with van der Waals surface area (Å²) in [6.45, 7) is 6.27. The van der Waals surface area contributed by atoms with Gasteiger partial charge in [0.15, 0.2) is 0 Å². The van der Waals surface area contributed by atoms with Crippen molar-refractivity contribution in [3.8, 4) is 0 Å². The molecular weight excluding hydrogens is 260 g/mol. The van der Waals surface area contributed by atoms with E-state index in [1.807, 2.05) is 32.0 Å². The SMILES string of the molecule is CC.CN1CCC(Nc2ccc(Cl)cc2CO)CC1. The quantitative estimate of drug-likeness (QED) is 0.893. The lowest BCUT2D eigenvalue weighted by molar-refractivity contribution is 0.263. The van der Waals surface area contributed by atoms with Crippen LogP contribution in [0.4, 0.5) is 5.69 Å². The van der Waals surface area contributed by atoms with Crippen LogP contribution in [0.3, 0.4) is 0 Å². The Labute approximate surface area is 121 Å². The molecule has 19 heavy (non-hydrogen) atoms. The molecule has 0 radical (unpaired) electrons. The van der Waals surface area contributed by atoms with Crippen LogP contribution < -0.4 is 5.32 Å². The molecule has 1 aromatic rings. The fourth-order valence-corrected chi connectivity index (χ4v) is 2.40. The number of piperidine rings is 1. The van der Waals surface area contributed by atoms with Crippen molar-refractivity contribution in [2.45, 2.75) is 39.3 Å². The van der Waals surface area contributed by atoms with Gasteiger partial charge in [0.1, 0.15) is 0 Å². The van der Waals surface area contributed by atoms with Crippen LogP contribution in [0.5, 0.6) is 0 Å². The van der Waals surface area contributed by atoms with Crippen molar-refractivity contribution in [3.63, 3.8) is 0 Å². The maximum atomic E-state index is 9.31. The molecule has 3 nitrogen and oxygen atoms in total. The molecule has 0 unspecified atom stereocenters. The van der Waals surface area contributed by atoms with Crippen LogP contribution in [-0.4, -0.2) is 36.2 Å². The lowest BCUT2D eigenvalue weighted by Gasteiger charge is -2.30. The van der Waals surface area contributed by atoms with Crippen LogP contribution in [0, 0.1) is 0 Å². The van der Waals surface area contributed by atoms with Crippen LogP contribution >= 0.6 is 11.6 Å². The number of aliphatic hydroxyl groups is 1. The summed E-state index contributed by atoms with van der Waals surface area (Å²) in [6.07, 6.45) is 2.29. The highest BCUT2D eigenvalue weighted by Gasteiger charge is 2.17. The van der Waals surface area contributed by atoms with Crippen LogP contribution in [0.1, 0.15) is 32.3 Å². The summed E-state index contributed by atoms with van der Waals surface area (Å²) in [6, 6.07) is 6.13. The summed E-state index contributed by atoms with van der Waals surface area (Å²) in [5.74, 6) is 0. The molecule has 2 N–H and O–H groups in total. The predicted molar refractivity (Wildman–Crippen MR) is 82.9 cm³/mol. The molecule has 1 aliphatic heterocycles. The number of rotatable bonds is 3. The van der Waals surface area contributed by atoms with E-state index in [1.54, 1.807) is 0 Å². The maximum Gasteiger partial charge on any atom is 0.0702 e. The molecule has 0 saturated carbocycles. The van der Waals surface area contributed by atoms with E-state index >= 15 is 0 Å². The Morgan fingerprint density at radius 2 is 1.95 bits per heavy atom. The first-order valence-corrected chi connectivity index (χ1v) is 7.41. The van der Waals surface area contributed by atoms with Crippen molar-refractivity contribution in [1.29, 1.82) is 0 Å². The Balaban J connectivity index is 0.000000861. The zero-order valence-electron chi connectivity index (χ0n) is 12.1. The van der Waals surface area contributed by atoms with E-state index in [0.717, 1.165) is 37.2 Å². The van der Waals surface area contributed by atoms with Gasteiger partial charge in [-0.05, 0) is 51.2 Å². The second kappa shape index (κ2) is 8.41. The smallest absolute Gasteiger partial charge is 0.0702 e. The molecule has 2 rings (SSSR count). The average molecular weight is 285 g/mol. The highest BCUT2D eigenvalue weighted by molar-refractivity contribution is 6.30. The predicted octanol–water partition coefficient (Wildman–Crippen LogP) is 3.36. The van der Waals surface area contributed by atoms with Gasteiger partial charge in [-0.25, -0.2) is 0 Å². The minimum Gasteiger partial charge on any atom is -0.392 e. The number of benzene rings is 1. The largest absolute Gasteiger partial charge is 0.392 e. The van der Waals surface area contributed by atoms with Gasteiger partial charge in [0.05, 0.1) is 6.61 Å². The monoisotopic (exact) mass is 284 g/mol. The van der Waals surface area contributed by atoms with E-state index in [9.17, 15) is 5.11 Å². The van der Waals surface area contributed by atoms with E-state index in [2.05, 4.69) is 17.3 Å². The zero-order valence-corrected chi connectivity index (χ0v) is 12.9. The molecule has 108 valence electrons. The van der Waals surface area contributed by atoms with Gasteiger partial charge in [0.25, 0.3) is 0 Å². The summed E-state index contributed by atoms with van der Waals surface area (Å²) >= 11 is 5.91. The normalized spacial score (nSPS) is 16.7. The standard InChI is InChI=1S/C13H19ClN2O.C2H6/c1-16-6-4-12(5-7-16)15-13-3-2-11(14)8-10(13)9-17;1-2/h2-3,8,12,15,17H,4-7,9H2,1H3;1-2H3. The number of nitrogens with zero attached hydrogens (tertiary/aromatic N) is 1. The van der Waals surface area contributed by atoms with Gasteiger partial charge in [-0.1, -0.05) is 25.4 Å². The third-order valence-electron chi connectivity index (χ3n) is 3.32. The molecule has 0 spiro atoms. The fourth-order valence-electron chi connectivity index (χ4n) is 2.21. The number of aliphatic hydroxyl groups excluding tert-OH is 1. The molecule has 1 heterocycles. The Hall–Kier alpha value is -0.770. The van der Waals surface area contributed by atoms with E-state index < -0.39 is 0 Å². The first-order chi connectivity index (χ1) is 9.19. The third kappa shape index (κ3) is 5.01. The molecular formula is C15H25ClN2O. The van der Waals surface area contributed by atoms with Crippen LogP contribution in [-0.2, 0) is 6.61 Å². The highest BCUT2D eigenvalue weighted by Crippen LogP contribution is 2.23. The van der Waals surface area contributed by atoms with Crippen LogP contribution in [0.15, 0.2) is 18.2 Å². The second-order valence-corrected chi connectivity index (χ2v) is 5.12. The van der Waals surface area contributed by atoms with Gasteiger partial charge in [-0.15, -0.1) is 0 Å². The molecule has 4 heteroatoms. The summed E-state index contributed by atoms with van der Waals surface area (Å²) in [5.41, 5.74) is 1.88. The number of nitrogens with one attached hydrogen (secondary N) is 1. The van der Waals surface area contributed by atoms with Crippen molar-refractivity contribution in [2.24, 2.45) is 0 Å². The van der Waals surface area contributed by atoms with Gasteiger partial charge in [0, 0.05) is 22.3 Å². The number of likely N-dealkylation sites (tertiary alicyclic amines) is 1. The van der Waals surface area contributed by atoms with Crippen LogP contribution in [0.25, 0.3) is 0 Å². The topological polar surface area (TPSA) is 35.5 Å². The molecule has 0 bridgehead atoms. The molecule has 1 fully saturated rings. The second-order valence-electron chi connectivity index (χ2n) is 4.68. The number of hydrogen-bond acceptors (Lipinski definition) is 3. The maximum absolute atomic E-state index is 9.31. The Morgan fingerprint density at radius 1 is 1.32 bits per heavy atom. The molecule has 1 saturated heterocycles. The third-order valence-corrected chi connectivity index (χ3v) is 3.55. The summed E-state index contributed by atoms with van der Waals surface area (Å²) < 4.78 is 0. The van der Waals surface area contributed by atoms with Crippen molar-refractivity contribution >= 4 is 17.3 Å². The van der Waals surface area contributed by atoms with Gasteiger partial charge in [-0.3, -0.25) is 0 Å². The number of halogens is 1. The van der Waals surface area contributed by atoms with Crippen molar-refractivity contribution in [2.75, 3.05) is 25.5 Å². The zero-order chi connectivity index (χ0) is 14.3. The van der Waals surface area contributed by atoms with E-state index in [4.69, 9.17) is 11.6 Å². The Morgan fingerprint density at radius 3 is 2.53 bits per heavy atom. The lowest BCUT2D eigenvalue weighted by atomic mass is 10.0. The van der Waals surface area contributed by atoms with E-state index in [0.29, 0.717) is 11.1 Å². The Kier molecular flexibility index (Phi) is 7.21. The molecule has 1 aliphatic rings. The van der Waals surface area contributed by atoms with Crippen LogP contribution in [0.2, 0.25) is 5.02 Å². The average Bonchev–Trinajstić information content (AvgIpc) is 2.45. The molecule has 0 aliphatic carbocycles. The van der Waals surface area contributed by atoms with Gasteiger partial charge < -0.3 is 15.3 Å². The van der Waals surface area contributed by atoms with Gasteiger partial charge in [0.2, 0.25) is 0 Å². The van der Waals surface area contributed by atoms with Gasteiger partial charge in [-0.2, -0.15) is 0 Å². The first-order valence-electron chi connectivity index (χ1n) is 7.03. The van der Waals surface area contributed by atoms with E-state index in [1.165, 1.54) is 0 Å². The summed E-state index contributed by atoms with van der Waals surface area (Å²) in [5, 5.41) is 13.5. The number of hydrogen-bond donors (Lipinski definition) is 2. The molecule has 0 aromatic heterocycles. The summed E-state index contributed by atoms with van der Waals surface area (Å²) in [7, 11) is 2.15. The summed E-state index contributed by atoms with van der Waals surface area (Å²) in [4.78, 5) is 2.34. The number of anilines is 1. The first kappa shape index (κ1) is 16.3. The Bertz CT molecular complexity index is 376. The van der Waals surface area contributed by atoms with Crippen molar-refractivity contribution in [1.82, 2.24) is 4.90 Å². The highest BCUT2D eigenvalue weighted by atomic mass is 35.5. The lowest BCUT2D eigenvalue weighted by Crippen LogP contribution is -2.36. The minimum absolute atomic E-state index is 0.0233. The fraction of sp³-hybridized carbons (Fsp3) is 0.600.